The van der Waals surface area contributed by atoms with Gasteiger partial charge < -0.3 is 9.73 Å². The third-order valence-electron chi connectivity index (χ3n) is 3.75. The summed E-state index contributed by atoms with van der Waals surface area (Å²) in [5, 5.41) is 11.3. The molecule has 0 saturated heterocycles. The van der Waals surface area contributed by atoms with Gasteiger partial charge >= 0.3 is 0 Å². The van der Waals surface area contributed by atoms with Gasteiger partial charge in [-0.15, -0.1) is 10.2 Å². The molecule has 1 aromatic heterocycles. The van der Waals surface area contributed by atoms with Crippen LogP contribution in [-0.2, 0) is 11.2 Å². The highest BCUT2D eigenvalue weighted by Crippen LogP contribution is 2.25. The first kappa shape index (κ1) is 17.2. The summed E-state index contributed by atoms with van der Waals surface area (Å²) in [7, 11) is 0. The fourth-order valence-corrected chi connectivity index (χ4v) is 2.90. The van der Waals surface area contributed by atoms with E-state index in [9.17, 15) is 4.79 Å². The Morgan fingerprint density at radius 2 is 1.88 bits per heavy atom. The average molecular weight is 353 g/mol. The molecule has 1 N–H and O–H groups in total. The first-order valence-electron chi connectivity index (χ1n) is 8.07. The molecule has 6 heteroatoms. The van der Waals surface area contributed by atoms with Gasteiger partial charge in [-0.25, -0.2) is 0 Å². The van der Waals surface area contributed by atoms with Gasteiger partial charge in [-0.1, -0.05) is 49.0 Å². The van der Waals surface area contributed by atoms with E-state index in [2.05, 4.69) is 22.4 Å². The van der Waals surface area contributed by atoms with Crippen LogP contribution in [0.2, 0.25) is 0 Å². The second kappa shape index (κ2) is 7.98. The number of hydrogen-bond acceptors (Lipinski definition) is 5. The lowest BCUT2D eigenvalue weighted by atomic mass is 10.1. The SMILES string of the molecule is CCc1ccc(NC(=O)CSc2nnc(-c3ccccc3C)o2)cc1. The lowest BCUT2D eigenvalue weighted by Crippen LogP contribution is -2.13. The molecule has 1 amide bonds. The summed E-state index contributed by atoms with van der Waals surface area (Å²) in [5.41, 5.74) is 3.99. The third kappa shape index (κ3) is 4.48. The number of hydrogen-bond donors (Lipinski definition) is 1. The number of benzene rings is 2. The summed E-state index contributed by atoms with van der Waals surface area (Å²) < 4.78 is 5.64. The van der Waals surface area contributed by atoms with E-state index in [1.807, 2.05) is 55.5 Å². The topological polar surface area (TPSA) is 68.0 Å². The van der Waals surface area contributed by atoms with E-state index in [0.29, 0.717) is 11.1 Å². The summed E-state index contributed by atoms with van der Waals surface area (Å²) in [4.78, 5) is 12.0. The van der Waals surface area contributed by atoms with Crippen molar-refractivity contribution in [1.29, 1.82) is 0 Å². The van der Waals surface area contributed by atoms with Gasteiger partial charge in [0.25, 0.3) is 5.22 Å². The Kier molecular flexibility index (Phi) is 5.50. The van der Waals surface area contributed by atoms with Crippen LogP contribution in [0, 0.1) is 6.92 Å². The minimum Gasteiger partial charge on any atom is -0.411 e. The van der Waals surface area contributed by atoms with Crippen molar-refractivity contribution >= 4 is 23.4 Å². The number of amides is 1. The number of thioether (sulfide) groups is 1. The van der Waals surface area contributed by atoms with E-state index < -0.39 is 0 Å². The zero-order chi connectivity index (χ0) is 17.6. The van der Waals surface area contributed by atoms with Crippen molar-refractivity contribution in [3.05, 3.63) is 59.7 Å². The molecule has 0 aliphatic rings. The maximum atomic E-state index is 12.0. The first-order chi connectivity index (χ1) is 12.2. The van der Waals surface area contributed by atoms with Crippen LogP contribution < -0.4 is 5.32 Å². The predicted molar refractivity (Wildman–Crippen MR) is 99.6 cm³/mol. The highest BCUT2D eigenvalue weighted by atomic mass is 32.2. The van der Waals surface area contributed by atoms with Crippen molar-refractivity contribution in [1.82, 2.24) is 10.2 Å². The van der Waals surface area contributed by atoms with Crippen LogP contribution in [0.1, 0.15) is 18.1 Å². The Hall–Kier alpha value is -2.60. The van der Waals surface area contributed by atoms with Gasteiger partial charge in [0.15, 0.2) is 0 Å². The molecule has 0 radical (unpaired) electrons. The number of nitrogens with zero attached hydrogens (tertiary/aromatic N) is 2. The molecule has 0 spiro atoms. The number of carbonyl (C=O) groups is 1. The maximum absolute atomic E-state index is 12.0. The fourth-order valence-electron chi connectivity index (χ4n) is 2.34. The number of rotatable bonds is 6. The van der Waals surface area contributed by atoms with Crippen LogP contribution in [0.3, 0.4) is 0 Å². The van der Waals surface area contributed by atoms with Gasteiger partial charge in [-0.05, 0) is 42.7 Å². The lowest BCUT2D eigenvalue weighted by molar-refractivity contribution is -0.113. The molecule has 0 saturated carbocycles. The van der Waals surface area contributed by atoms with Crippen LogP contribution in [0.25, 0.3) is 11.5 Å². The summed E-state index contributed by atoms with van der Waals surface area (Å²) in [6, 6.07) is 15.6. The van der Waals surface area contributed by atoms with Gasteiger partial charge in [0.1, 0.15) is 0 Å². The van der Waals surface area contributed by atoms with Crippen LogP contribution in [0.15, 0.2) is 58.2 Å². The van der Waals surface area contributed by atoms with Gasteiger partial charge in [-0.2, -0.15) is 0 Å². The summed E-state index contributed by atoms with van der Waals surface area (Å²) >= 11 is 1.22. The van der Waals surface area contributed by atoms with E-state index in [0.717, 1.165) is 23.2 Å². The minimum absolute atomic E-state index is 0.107. The Bertz CT molecular complexity index is 859. The predicted octanol–water partition coefficient (Wildman–Crippen LogP) is 4.34. The molecule has 2 aromatic carbocycles. The average Bonchev–Trinajstić information content (AvgIpc) is 3.10. The van der Waals surface area contributed by atoms with Crippen molar-refractivity contribution in [2.45, 2.75) is 25.5 Å². The van der Waals surface area contributed by atoms with Crippen molar-refractivity contribution in [3.8, 4) is 11.5 Å². The monoisotopic (exact) mass is 353 g/mol. The second-order valence-corrected chi connectivity index (χ2v) is 6.50. The molecular weight excluding hydrogens is 334 g/mol. The third-order valence-corrected chi connectivity index (χ3v) is 4.57. The number of anilines is 1. The van der Waals surface area contributed by atoms with Crippen LogP contribution >= 0.6 is 11.8 Å². The number of aryl methyl sites for hydroxylation is 2. The quantitative estimate of drug-likeness (QED) is 0.668. The van der Waals surface area contributed by atoms with Crippen LogP contribution in [-0.4, -0.2) is 21.9 Å². The van der Waals surface area contributed by atoms with E-state index in [-0.39, 0.29) is 11.7 Å². The summed E-state index contributed by atoms with van der Waals surface area (Å²) in [6.07, 6.45) is 0.977. The molecule has 0 aliphatic carbocycles. The molecule has 128 valence electrons. The molecule has 0 bridgehead atoms. The Balaban J connectivity index is 1.56. The van der Waals surface area contributed by atoms with Crippen molar-refractivity contribution in [2.75, 3.05) is 11.1 Å². The Morgan fingerprint density at radius 3 is 2.60 bits per heavy atom. The zero-order valence-electron chi connectivity index (χ0n) is 14.2. The molecule has 0 fully saturated rings. The van der Waals surface area contributed by atoms with E-state index in [1.165, 1.54) is 17.3 Å². The van der Waals surface area contributed by atoms with Gasteiger partial charge in [0.05, 0.1) is 5.75 Å². The zero-order valence-corrected chi connectivity index (χ0v) is 15.0. The normalized spacial score (nSPS) is 10.6. The van der Waals surface area contributed by atoms with Crippen molar-refractivity contribution in [3.63, 3.8) is 0 Å². The Morgan fingerprint density at radius 1 is 1.12 bits per heavy atom. The first-order valence-corrected chi connectivity index (χ1v) is 9.05. The van der Waals surface area contributed by atoms with Crippen molar-refractivity contribution in [2.24, 2.45) is 0 Å². The summed E-state index contributed by atoms with van der Waals surface area (Å²) in [5.74, 6) is 0.575. The Labute approximate surface area is 150 Å². The lowest BCUT2D eigenvalue weighted by Gasteiger charge is -2.04. The van der Waals surface area contributed by atoms with E-state index >= 15 is 0 Å². The number of aromatic nitrogens is 2. The molecule has 0 unspecified atom stereocenters. The second-order valence-electron chi connectivity index (χ2n) is 5.58. The largest absolute Gasteiger partial charge is 0.411 e. The molecule has 0 atom stereocenters. The molecule has 25 heavy (non-hydrogen) atoms. The van der Waals surface area contributed by atoms with Crippen LogP contribution in [0.5, 0.6) is 0 Å². The fraction of sp³-hybridized carbons (Fsp3) is 0.211. The maximum Gasteiger partial charge on any atom is 0.277 e. The van der Waals surface area contributed by atoms with E-state index in [1.54, 1.807) is 0 Å². The van der Waals surface area contributed by atoms with Gasteiger partial charge in [0.2, 0.25) is 11.8 Å². The highest BCUT2D eigenvalue weighted by molar-refractivity contribution is 7.99. The minimum atomic E-state index is -0.107. The molecular formula is C19H19N3O2S. The molecule has 3 aromatic rings. The van der Waals surface area contributed by atoms with Gasteiger partial charge in [-0.3, -0.25) is 4.79 Å². The molecule has 3 rings (SSSR count). The van der Waals surface area contributed by atoms with Crippen molar-refractivity contribution < 1.29 is 9.21 Å². The summed E-state index contributed by atoms with van der Waals surface area (Å²) in [6.45, 7) is 4.09. The highest BCUT2D eigenvalue weighted by Gasteiger charge is 2.12. The molecule has 5 nitrogen and oxygen atoms in total. The molecule has 0 aliphatic heterocycles. The van der Waals surface area contributed by atoms with E-state index in [4.69, 9.17) is 4.42 Å². The standard InChI is InChI=1S/C19H19N3O2S/c1-3-14-8-10-15(11-9-14)20-17(23)12-25-19-22-21-18(24-19)16-7-5-4-6-13(16)2/h4-11H,3,12H2,1-2H3,(H,20,23). The number of carbonyl (C=O) groups excluding carboxylic acids is 1. The van der Waals surface area contributed by atoms with Crippen LogP contribution in [0.4, 0.5) is 5.69 Å². The number of nitrogens with one attached hydrogen (secondary N) is 1. The van der Waals surface area contributed by atoms with Gasteiger partial charge in [0, 0.05) is 11.3 Å². The molecule has 1 heterocycles. The smallest absolute Gasteiger partial charge is 0.277 e.